The number of hydrogen-bond donors (Lipinski definition) is 1. The van der Waals surface area contributed by atoms with E-state index in [-0.39, 0.29) is 10.8 Å². The van der Waals surface area contributed by atoms with Gasteiger partial charge in [0.25, 0.3) is 5.91 Å². The van der Waals surface area contributed by atoms with Gasteiger partial charge in [0.1, 0.15) is 5.69 Å². The van der Waals surface area contributed by atoms with Gasteiger partial charge in [0.2, 0.25) is 6.79 Å². The van der Waals surface area contributed by atoms with Crippen molar-refractivity contribution in [3.8, 4) is 11.3 Å². The third-order valence-corrected chi connectivity index (χ3v) is 6.66. The zero-order valence-electron chi connectivity index (χ0n) is 19.4. The molecule has 0 saturated carbocycles. The van der Waals surface area contributed by atoms with Crippen molar-refractivity contribution in [1.29, 1.82) is 0 Å². The summed E-state index contributed by atoms with van der Waals surface area (Å²) in [5.41, 5.74) is 2.61. The van der Waals surface area contributed by atoms with Crippen LogP contribution in [0.4, 0.5) is 0 Å². The van der Waals surface area contributed by atoms with Crippen LogP contribution in [-0.4, -0.2) is 48.6 Å². The number of rotatable bonds is 9. The van der Waals surface area contributed by atoms with Gasteiger partial charge in [-0.3, -0.25) is 19.1 Å². The van der Waals surface area contributed by atoms with E-state index < -0.39 is 40.4 Å². The van der Waals surface area contributed by atoms with Crippen molar-refractivity contribution in [3.63, 3.8) is 0 Å². The van der Waals surface area contributed by atoms with E-state index in [1.54, 1.807) is 32.2 Å². The predicted molar refractivity (Wildman–Crippen MR) is 126 cm³/mol. The van der Waals surface area contributed by atoms with Crippen LogP contribution >= 0.6 is 0 Å². The number of nitrogens with zero attached hydrogens (tertiary/aromatic N) is 2. The first kappa shape index (κ1) is 25.6. The second-order valence-electron chi connectivity index (χ2n) is 7.70. The minimum Gasteiger partial charge on any atom is -0.428 e. The molecular weight excluding hydrogens is 474 g/mol. The van der Waals surface area contributed by atoms with Crippen molar-refractivity contribution in [1.82, 2.24) is 15.1 Å². The smallest absolute Gasteiger partial charge is 0.324 e. The van der Waals surface area contributed by atoms with Crippen LogP contribution in [0.1, 0.15) is 35.9 Å². The van der Waals surface area contributed by atoms with Crippen molar-refractivity contribution in [2.75, 3.05) is 12.5 Å². The number of esters is 2. The van der Waals surface area contributed by atoms with E-state index in [0.29, 0.717) is 17.0 Å². The lowest BCUT2D eigenvalue weighted by Gasteiger charge is -2.15. The minimum absolute atomic E-state index is 0.0802. The SMILES string of the molecule is CC(=O)OCOC(=O)CS(=O)(=O)c1ccc([C@@H](C)NC(=O)c2cc(-c3ccccc3)nn2C)cc1. The molecule has 2 aromatic carbocycles. The van der Waals surface area contributed by atoms with Gasteiger partial charge in [0, 0.05) is 19.5 Å². The van der Waals surface area contributed by atoms with Crippen molar-refractivity contribution in [2.45, 2.75) is 24.8 Å². The Morgan fingerprint density at radius 3 is 2.31 bits per heavy atom. The van der Waals surface area contributed by atoms with Crippen molar-refractivity contribution >= 4 is 27.7 Å². The Kier molecular flexibility index (Phi) is 8.02. The highest BCUT2D eigenvalue weighted by molar-refractivity contribution is 7.92. The molecule has 1 aromatic heterocycles. The molecule has 0 aliphatic heterocycles. The Morgan fingerprint density at radius 1 is 1.03 bits per heavy atom. The average Bonchev–Trinajstić information content (AvgIpc) is 3.21. The quantitative estimate of drug-likeness (QED) is 0.350. The normalized spacial score (nSPS) is 12.0. The first-order valence-electron chi connectivity index (χ1n) is 10.6. The molecule has 10 nitrogen and oxygen atoms in total. The number of carbonyl (C=O) groups is 3. The fourth-order valence-corrected chi connectivity index (χ4v) is 4.32. The number of hydrogen-bond acceptors (Lipinski definition) is 8. The van der Waals surface area contributed by atoms with Crippen LogP contribution in [0.2, 0.25) is 0 Å². The summed E-state index contributed by atoms with van der Waals surface area (Å²) in [6, 6.07) is 16.6. The van der Waals surface area contributed by atoms with Gasteiger partial charge in [-0.05, 0) is 30.7 Å². The van der Waals surface area contributed by atoms with Crippen LogP contribution in [0, 0.1) is 0 Å². The molecule has 1 amide bonds. The zero-order chi connectivity index (χ0) is 25.6. The summed E-state index contributed by atoms with van der Waals surface area (Å²) in [6.45, 7) is 2.25. The van der Waals surface area contributed by atoms with Crippen molar-refractivity contribution < 1.29 is 32.3 Å². The second kappa shape index (κ2) is 11.0. The molecule has 0 unspecified atom stereocenters. The molecule has 184 valence electrons. The first-order chi connectivity index (χ1) is 16.6. The Labute approximate surface area is 202 Å². The number of carbonyl (C=O) groups excluding carboxylic acids is 3. The highest BCUT2D eigenvalue weighted by Gasteiger charge is 2.22. The lowest BCUT2D eigenvalue weighted by atomic mass is 10.1. The van der Waals surface area contributed by atoms with E-state index in [1.807, 2.05) is 30.3 Å². The molecule has 0 saturated heterocycles. The lowest BCUT2D eigenvalue weighted by molar-refractivity contribution is -0.163. The molecule has 35 heavy (non-hydrogen) atoms. The third-order valence-electron chi connectivity index (χ3n) is 5.06. The molecule has 1 atom stereocenters. The number of aryl methyl sites for hydroxylation is 1. The van der Waals surface area contributed by atoms with Gasteiger partial charge in [-0.2, -0.15) is 5.10 Å². The van der Waals surface area contributed by atoms with E-state index in [1.165, 1.54) is 16.8 Å². The Morgan fingerprint density at radius 2 is 1.69 bits per heavy atom. The Balaban J connectivity index is 1.63. The zero-order valence-corrected chi connectivity index (χ0v) is 20.2. The monoisotopic (exact) mass is 499 g/mol. The van der Waals surface area contributed by atoms with Gasteiger partial charge in [-0.1, -0.05) is 42.5 Å². The minimum atomic E-state index is -3.96. The maximum absolute atomic E-state index is 12.8. The standard InChI is InChI=1S/C24H25N3O7S/c1-16(25-24(30)22-13-21(26-27(22)3)19-7-5-4-6-8-19)18-9-11-20(12-10-18)35(31,32)14-23(29)34-15-33-17(2)28/h4-13,16H,14-15H2,1-3H3,(H,25,30)/t16-/m1/s1. The number of nitrogens with one attached hydrogen (secondary N) is 1. The highest BCUT2D eigenvalue weighted by atomic mass is 32.2. The molecule has 0 aliphatic rings. The number of aromatic nitrogens is 2. The molecular formula is C24H25N3O7S. The Bertz CT molecular complexity index is 1320. The molecule has 3 rings (SSSR count). The van der Waals surface area contributed by atoms with E-state index in [2.05, 4.69) is 19.9 Å². The molecule has 3 aromatic rings. The summed E-state index contributed by atoms with van der Waals surface area (Å²) in [5, 5.41) is 7.27. The Hall–Kier alpha value is -3.99. The fourth-order valence-electron chi connectivity index (χ4n) is 3.21. The summed E-state index contributed by atoms with van der Waals surface area (Å²) in [7, 11) is -2.28. The lowest BCUT2D eigenvalue weighted by Crippen LogP contribution is -2.28. The number of sulfone groups is 1. The largest absolute Gasteiger partial charge is 0.428 e. The summed E-state index contributed by atoms with van der Waals surface area (Å²) in [5.74, 6) is -2.93. The molecule has 0 spiro atoms. The maximum Gasteiger partial charge on any atom is 0.324 e. The number of amides is 1. The molecule has 0 bridgehead atoms. The van der Waals surface area contributed by atoms with Crippen LogP contribution in [0.25, 0.3) is 11.3 Å². The van der Waals surface area contributed by atoms with Gasteiger partial charge in [0.15, 0.2) is 15.6 Å². The number of benzene rings is 2. The van der Waals surface area contributed by atoms with Crippen LogP contribution in [0.5, 0.6) is 0 Å². The maximum atomic E-state index is 12.8. The van der Waals surface area contributed by atoms with Crippen molar-refractivity contribution in [3.05, 3.63) is 71.9 Å². The van der Waals surface area contributed by atoms with E-state index >= 15 is 0 Å². The summed E-state index contributed by atoms with van der Waals surface area (Å²) >= 11 is 0. The van der Waals surface area contributed by atoms with Crippen molar-refractivity contribution in [2.24, 2.45) is 7.05 Å². The van der Waals surface area contributed by atoms with Gasteiger partial charge in [0.05, 0.1) is 16.6 Å². The van der Waals surface area contributed by atoms with E-state index in [0.717, 1.165) is 12.5 Å². The third kappa shape index (κ3) is 6.76. The summed E-state index contributed by atoms with van der Waals surface area (Å²) in [6.07, 6.45) is 0. The molecule has 1 heterocycles. The molecule has 0 aliphatic carbocycles. The van der Waals surface area contributed by atoms with Gasteiger partial charge in [-0.25, -0.2) is 8.42 Å². The van der Waals surface area contributed by atoms with Gasteiger partial charge < -0.3 is 14.8 Å². The van der Waals surface area contributed by atoms with Gasteiger partial charge in [-0.15, -0.1) is 0 Å². The fraction of sp³-hybridized carbons (Fsp3) is 0.250. The molecule has 0 fully saturated rings. The average molecular weight is 500 g/mol. The second-order valence-corrected chi connectivity index (χ2v) is 9.69. The topological polar surface area (TPSA) is 134 Å². The van der Waals surface area contributed by atoms with Gasteiger partial charge >= 0.3 is 11.9 Å². The van der Waals surface area contributed by atoms with Crippen LogP contribution in [0.3, 0.4) is 0 Å². The first-order valence-corrected chi connectivity index (χ1v) is 12.2. The highest BCUT2D eigenvalue weighted by Crippen LogP contribution is 2.20. The van der Waals surface area contributed by atoms with Crippen LogP contribution in [-0.2, 0) is 35.9 Å². The molecule has 11 heteroatoms. The van der Waals surface area contributed by atoms with E-state index in [4.69, 9.17) is 0 Å². The van der Waals surface area contributed by atoms with E-state index in [9.17, 15) is 22.8 Å². The molecule has 0 radical (unpaired) electrons. The summed E-state index contributed by atoms with van der Waals surface area (Å²) < 4.78 is 35.4. The number of ether oxygens (including phenoxy) is 2. The van der Waals surface area contributed by atoms with Crippen LogP contribution in [0.15, 0.2) is 65.6 Å². The predicted octanol–water partition coefficient (Wildman–Crippen LogP) is 2.42. The summed E-state index contributed by atoms with van der Waals surface area (Å²) in [4.78, 5) is 35.1. The molecule has 1 N–H and O–H groups in total. The van der Waals surface area contributed by atoms with Crippen LogP contribution < -0.4 is 5.32 Å².